The summed E-state index contributed by atoms with van der Waals surface area (Å²) in [7, 11) is 0. The lowest BCUT2D eigenvalue weighted by atomic mass is 9.85. The normalized spacial score (nSPS) is 24.9. The van der Waals surface area contributed by atoms with Gasteiger partial charge in [-0.2, -0.15) is 0 Å². The molecule has 0 aromatic rings. The summed E-state index contributed by atoms with van der Waals surface area (Å²) in [6, 6.07) is 1.53. The van der Waals surface area contributed by atoms with Crippen molar-refractivity contribution < 1.29 is 0 Å². The molecule has 2 aliphatic rings. The summed E-state index contributed by atoms with van der Waals surface area (Å²) in [4.78, 5) is 0. The zero-order valence-electron chi connectivity index (χ0n) is 14.3. The Morgan fingerprint density at radius 2 is 1.57 bits per heavy atom. The Kier molecular flexibility index (Phi) is 8.47. The average Bonchev–Trinajstić information content (AvgIpc) is 2.49. The van der Waals surface area contributed by atoms with Crippen LogP contribution in [-0.4, -0.2) is 12.1 Å². The van der Waals surface area contributed by atoms with Crippen LogP contribution >= 0.6 is 0 Å². The van der Waals surface area contributed by atoms with E-state index in [1.807, 2.05) is 0 Å². The fourth-order valence-corrected chi connectivity index (χ4v) is 4.04. The van der Waals surface area contributed by atoms with Crippen molar-refractivity contribution in [3.8, 4) is 0 Å². The van der Waals surface area contributed by atoms with E-state index in [0.717, 1.165) is 12.1 Å². The Hall–Kier alpha value is -0.300. The van der Waals surface area contributed by atoms with Crippen molar-refractivity contribution >= 4 is 0 Å². The van der Waals surface area contributed by atoms with E-state index in [9.17, 15) is 0 Å². The van der Waals surface area contributed by atoms with Crippen LogP contribution in [0.5, 0.6) is 0 Å². The van der Waals surface area contributed by atoms with Crippen LogP contribution in [-0.2, 0) is 0 Å². The predicted molar refractivity (Wildman–Crippen MR) is 93.7 cm³/mol. The molecule has 0 aromatic heterocycles. The highest BCUT2D eigenvalue weighted by molar-refractivity contribution is 5.15. The van der Waals surface area contributed by atoms with E-state index in [4.69, 9.17) is 0 Å². The summed E-state index contributed by atoms with van der Waals surface area (Å²) in [5.74, 6) is 0. The van der Waals surface area contributed by atoms with Gasteiger partial charge in [-0.3, -0.25) is 0 Å². The second-order valence-corrected chi connectivity index (χ2v) is 7.36. The number of unbranched alkanes of at least 4 members (excludes halogenated alkanes) is 9. The number of nitrogens with one attached hydrogen (secondary N) is 1. The second-order valence-electron chi connectivity index (χ2n) is 7.36. The Labute approximate surface area is 133 Å². The largest absolute Gasteiger partial charge is 0.307 e. The van der Waals surface area contributed by atoms with Crippen LogP contribution in [0.3, 0.4) is 0 Å². The fraction of sp³-hybridized carbons (Fsp3) is 0.900. The van der Waals surface area contributed by atoms with Gasteiger partial charge in [-0.05, 0) is 32.1 Å². The molecule has 122 valence electrons. The van der Waals surface area contributed by atoms with Gasteiger partial charge in [0.2, 0.25) is 0 Å². The maximum absolute atomic E-state index is 3.75. The molecule has 0 amide bonds. The van der Waals surface area contributed by atoms with Crippen molar-refractivity contribution in [2.75, 3.05) is 0 Å². The van der Waals surface area contributed by atoms with E-state index < -0.39 is 0 Å². The van der Waals surface area contributed by atoms with E-state index in [-0.39, 0.29) is 0 Å². The zero-order valence-corrected chi connectivity index (χ0v) is 14.3. The molecule has 2 aliphatic heterocycles. The third kappa shape index (κ3) is 7.00. The van der Waals surface area contributed by atoms with E-state index in [0.29, 0.717) is 0 Å². The topological polar surface area (TPSA) is 12.0 Å². The number of piperidine rings is 1. The Morgan fingerprint density at radius 3 is 2.24 bits per heavy atom. The van der Waals surface area contributed by atoms with Gasteiger partial charge >= 0.3 is 0 Å². The molecule has 0 aliphatic carbocycles. The molecule has 0 saturated carbocycles. The van der Waals surface area contributed by atoms with Gasteiger partial charge in [-0.1, -0.05) is 82.8 Å². The van der Waals surface area contributed by atoms with Crippen LogP contribution in [0.2, 0.25) is 0 Å². The summed E-state index contributed by atoms with van der Waals surface area (Å²) in [5.41, 5.74) is 1.77. The van der Waals surface area contributed by atoms with Gasteiger partial charge < -0.3 is 5.32 Å². The molecule has 1 heteroatoms. The van der Waals surface area contributed by atoms with Crippen molar-refractivity contribution in [3.63, 3.8) is 0 Å². The van der Waals surface area contributed by atoms with Gasteiger partial charge in [-0.25, -0.2) is 0 Å². The third-order valence-electron chi connectivity index (χ3n) is 5.31. The minimum Gasteiger partial charge on any atom is -0.307 e. The maximum Gasteiger partial charge on any atom is 0.0255 e. The minimum absolute atomic E-state index is 0.718. The van der Waals surface area contributed by atoms with Gasteiger partial charge in [0.15, 0.2) is 0 Å². The van der Waals surface area contributed by atoms with Crippen LogP contribution in [0.25, 0.3) is 0 Å². The van der Waals surface area contributed by atoms with Crippen molar-refractivity contribution in [1.29, 1.82) is 0 Å². The number of rotatable bonds is 11. The smallest absolute Gasteiger partial charge is 0.0255 e. The van der Waals surface area contributed by atoms with E-state index in [1.54, 1.807) is 5.57 Å². The van der Waals surface area contributed by atoms with Crippen LogP contribution in [0.15, 0.2) is 11.6 Å². The molecule has 0 aromatic carbocycles. The van der Waals surface area contributed by atoms with Gasteiger partial charge in [0.1, 0.15) is 0 Å². The summed E-state index contributed by atoms with van der Waals surface area (Å²) < 4.78 is 0. The lowest BCUT2D eigenvalue weighted by Crippen LogP contribution is -2.44. The predicted octanol–water partition coefficient (Wildman–Crippen LogP) is 6.14. The highest BCUT2D eigenvalue weighted by Crippen LogP contribution is 2.27. The molecule has 2 bridgehead atoms. The first-order valence-corrected chi connectivity index (χ1v) is 9.84. The van der Waals surface area contributed by atoms with E-state index in [1.165, 1.54) is 96.3 Å². The van der Waals surface area contributed by atoms with E-state index in [2.05, 4.69) is 18.3 Å². The maximum atomic E-state index is 3.75. The SMILES string of the molecule is CCCCCCCCCCCCC1=CC2CCCC(C1)N2. The molecule has 0 radical (unpaired) electrons. The standard InChI is InChI=1S/C20H37N/c1-2-3-4-5-6-7-8-9-10-11-13-18-16-19-14-12-15-20(17-18)21-19/h16,19-21H,2-15,17H2,1H3. The van der Waals surface area contributed by atoms with Crippen molar-refractivity contribution in [2.24, 2.45) is 0 Å². The quantitative estimate of drug-likeness (QED) is 0.356. The van der Waals surface area contributed by atoms with Crippen LogP contribution in [0.4, 0.5) is 0 Å². The number of hydrogen-bond donors (Lipinski definition) is 1. The Bertz CT molecular complexity index is 294. The molecule has 2 heterocycles. The number of hydrogen-bond acceptors (Lipinski definition) is 1. The van der Waals surface area contributed by atoms with Crippen molar-refractivity contribution in [3.05, 3.63) is 11.6 Å². The molecular formula is C20H37N. The summed E-state index contributed by atoms with van der Waals surface area (Å²) in [6.45, 7) is 2.30. The number of fused-ring (bicyclic) bond motifs is 2. The Morgan fingerprint density at radius 1 is 0.905 bits per heavy atom. The van der Waals surface area contributed by atoms with Gasteiger partial charge in [0.25, 0.3) is 0 Å². The van der Waals surface area contributed by atoms with Crippen LogP contribution < -0.4 is 5.32 Å². The van der Waals surface area contributed by atoms with Gasteiger partial charge in [0.05, 0.1) is 0 Å². The molecule has 1 nitrogen and oxygen atoms in total. The van der Waals surface area contributed by atoms with Crippen LogP contribution in [0, 0.1) is 0 Å². The molecule has 2 unspecified atom stereocenters. The Balaban J connectivity index is 1.42. The molecule has 2 rings (SSSR count). The van der Waals surface area contributed by atoms with Crippen LogP contribution in [0.1, 0.15) is 103 Å². The zero-order chi connectivity index (χ0) is 14.8. The second kappa shape index (κ2) is 10.4. The molecule has 1 N–H and O–H groups in total. The lowest BCUT2D eigenvalue weighted by molar-refractivity contribution is 0.331. The first-order valence-electron chi connectivity index (χ1n) is 9.84. The third-order valence-corrected chi connectivity index (χ3v) is 5.31. The molecule has 21 heavy (non-hydrogen) atoms. The highest BCUT2D eigenvalue weighted by atomic mass is 15.0. The molecule has 1 saturated heterocycles. The first kappa shape index (κ1) is 17.1. The summed E-state index contributed by atoms with van der Waals surface area (Å²) >= 11 is 0. The van der Waals surface area contributed by atoms with Gasteiger partial charge in [0, 0.05) is 12.1 Å². The summed E-state index contributed by atoms with van der Waals surface area (Å²) in [5, 5.41) is 3.75. The van der Waals surface area contributed by atoms with Crippen molar-refractivity contribution in [1.82, 2.24) is 5.32 Å². The van der Waals surface area contributed by atoms with Gasteiger partial charge in [-0.15, -0.1) is 0 Å². The summed E-state index contributed by atoms with van der Waals surface area (Å²) in [6.07, 6.45) is 24.0. The first-order chi connectivity index (χ1) is 10.4. The molecular weight excluding hydrogens is 254 g/mol. The van der Waals surface area contributed by atoms with E-state index >= 15 is 0 Å². The monoisotopic (exact) mass is 291 g/mol. The fourth-order valence-electron chi connectivity index (χ4n) is 4.04. The lowest BCUT2D eigenvalue weighted by Gasteiger charge is -2.35. The molecule has 2 atom stereocenters. The highest BCUT2D eigenvalue weighted by Gasteiger charge is 2.24. The molecule has 0 spiro atoms. The van der Waals surface area contributed by atoms with Crippen molar-refractivity contribution in [2.45, 2.75) is 115 Å². The minimum atomic E-state index is 0.718. The average molecular weight is 292 g/mol. The molecule has 1 fully saturated rings.